The van der Waals surface area contributed by atoms with Crippen molar-refractivity contribution in [1.82, 2.24) is 14.9 Å². The highest BCUT2D eigenvalue weighted by Gasteiger charge is 2.23. The number of amides is 1. The van der Waals surface area contributed by atoms with Gasteiger partial charge in [-0.3, -0.25) is 9.59 Å². The number of methoxy groups -OCH3 is 1. The fourth-order valence-corrected chi connectivity index (χ4v) is 2.37. The first-order chi connectivity index (χ1) is 12.3. The van der Waals surface area contributed by atoms with E-state index in [9.17, 15) is 14.4 Å². The summed E-state index contributed by atoms with van der Waals surface area (Å²) in [5, 5.41) is 11.6. The van der Waals surface area contributed by atoms with E-state index in [0.717, 1.165) is 11.8 Å². The van der Waals surface area contributed by atoms with Crippen LogP contribution in [0.1, 0.15) is 13.8 Å². The van der Waals surface area contributed by atoms with Crippen molar-refractivity contribution in [1.29, 1.82) is 0 Å². The standard InChI is InChI=1S/C18H21N3O5/c1-11(2)17(18(24)25)20-15(22)10-21-9-14(19-8-16(21)23)12-4-6-13(26-3)7-5-12/h4-9,11,17H,10H2,1-3H3,(H,20,22)(H,24,25). The number of rotatable bonds is 7. The molecule has 1 aromatic heterocycles. The topological polar surface area (TPSA) is 111 Å². The molecule has 0 bridgehead atoms. The Balaban J connectivity index is 2.20. The van der Waals surface area contributed by atoms with Crippen molar-refractivity contribution in [3.05, 3.63) is 47.0 Å². The first-order valence-electron chi connectivity index (χ1n) is 8.05. The van der Waals surface area contributed by atoms with Crippen LogP contribution >= 0.6 is 0 Å². The molecular formula is C18H21N3O5. The van der Waals surface area contributed by atoms with Gasteiger partial charge in [0, 0.05) is 11.8 Å². The van der Waals surface area contributed by atoms with Gasteiger partial charge in [0.25, 0.3) is 5.56 Å². The first-order valence-corrected chi connectivity index (χ1v) is 8.05. The Bertz CT molecular complexity index is 843. The Kier molecular flexibility index (Phi) is 6.11. The van der Waals surface area contributed by atoms with Crippen LogP contribution in [0.3, 0.4) is 0 Å². The fraction of sp³-hybridized carbons (Fsp3) is 0.333. The average molecular weight is 359 g/mol. The molecule has 2 rings (SSSR count). The van der Waals surface area contributed by atoms with Gasteiger partial charge in [0.2, 0.25) is 5.91 Å². The minimum atomic E-state index is -1.12. The van der Waals surface area contributed by atoms with Gasteiger partial charge in [-0.15, -0.1) is 0 Å². The molecular weight excluding hydrogens is 338 g/mol. The van der Waals surface area contributed by atoms with Crippen LogP contribution in [0, 0.1) is 5.92 Å². The minimum absolute atomic E-state index is 0.277. The second-order valence-corrected chi connectivity index (χ2v) is 6.09. The summed E-state index contributed by atoms with van der Waals surface area (Å²) >= 11 is 0. The zero-order valence-electron chi connectivity index (χ0n) is 14.8. The van der Waals surface area contributed by atoms with Gasteiger partial charge in [-0.05, 0) is 30.2 Å². The van der Waals surface area contributed by atoms with Crippen LogP contribution in [0.15, 0.2) is 41.5 Å². The lowest BCUT2D eigenvalue weighted by molar-refractivity contribution is -0.143. The van der Waals surface area contributed by atoms with E-state index in [1.807, 2.05) is 0 Å². The van der Waals surface area contributed by atoms with E-state index in [0.29, 0.717) is 11.4 Å². The van der Waals surface area contributed by atoms with Gasteiger partial charge < -0.3 is 19.7 Å². The Morgan fingerprint density at radius 2 is 1.92 bits per heavy atom. The number of hydrogen-bond donors (Lipinski definition) is 2. The van der Waals surface area contributed by atoms with Gasteiger partial charge in [0.05, 0.1) is 19.0 Å². The van der Waals surface area contributed by atoms with E-state index in [-0.39, 0.29) is 12.5 Å². The van der Waals surface area contributed by atoms with Crippen molar-refractivity contribution < 1.29 is 19.4 Å². The van der Waals surface area contributed by atoms with Crippen molar-refractivity contribution in [3.63, 3.8) is 0 Å². The monoisotopic (exact) mass is 359 g/mol. The fourth-order valence-electron chi connectivity index (χ4n) is 2.37. The number of carbonyl (C=O) groups is 2. The van der Waals surface area contributed by atoms with Gasteiger partial charge in [0.15, 0.2) is 0 Å². The number of ether oxygens (including phenoxy) is 1. The van der Waals surface area contributed by atoms with Gasteiger partial charge in [-0.25, -0.2) is 9.78 Å². The number of aliphatic carboxylic acids is 1. The van der Waals surface area contributed by atoms with Crippen LogP contribution in [-0.4, -0.2) is 39.7 Å². The molecule has 0 saturated carbocycles. The van der Waals surface area contributed by atoms with E-state index >= 15 is 0 Å². The molecule has 0 spiro atoms. The van der Waals surface area contributed by atoms with Crippen molar-refractivity contribution >= 4 is 11.9 Å². The molecule has 0 saturated heterocycles. The summed E-state index contributed by atoms with van der Waals surface area (Å²) in [5.41, 5.74) is 0.818. The van der Waals surface area contributed by atoms with E-state index in [2.05, 4.69) is 10.3 Å². The Labute approximate surface area is 150 Å². The van der Waals surface area contributed by atoms with Crippen molar-refractivity contribution in [2.24, 2.45) is 5.92 Å². The van der Waals surface area contributed by atoms with Crippen LogP contribution in [0.25, 0.3) is 11.3 Å². The number of hydrogen-bond acceptors (Lipinski definition) is 5. The van der Waals surface area contributed by atoms with Gasteiger partial charge >= 0.3 is 5.97 Å². The highest BCUT2D eigenvalue weighted by atomic mass is 16.5. The molecule has 2 N–H and O–H groups in total. The average Bonchev–Trinajstić information content (AvgIpc) is 2.61. The highest BCUT2D eigenvalue weighted by Crippen LogP contribution is 2.19. The van der Waals surface area contributed by atoms with Gasteiger partial charge in [-0.1, -0.05) is 13.8 Å². The molecule has 138 valence electrons. The molecule has 1 heterocycles. The smallest absolute Gasteiger partial charge is 0.326 e. The lowest BCUT2D eigenvalue weighted by atomic mass is 10.1. The summed E-state index contributed by atoms with van der Waals surface area (Å²) in [7, 11) is 1.56. The second-order valence-electron chi connectivity index (χ2n) is 6.09. The number of nitrogens with zero attached hydrogens (tertiary/aromatic N) is 2. The number of aromatic nitrogens is 2. The Morgan fingerprint density at radius 3 is 2.46 bits per heavy atom. The zero-order chi connectivity index (χ0) is 19.3. The normalized spacial score (nSPS) is 11.8. The van der Waals surface area contributed by atoms with Crippen LogP contribution in [0.4, 0.5) is 0 Å². The van der Waals surface area contributed by atoms with Crippen molar-refractivity contribution in [2.45, 2.75) is 26.4 Å². The summed E-state index contributed by atoms with van der Waals surface area (Å²) in [4.78, 5) is 39.4. The second kappa shape index (κ2) is 8.28. The number of carbonyl (C=O) groups excluding carboxylic acids is 1. The van der Waals surface area contributed by atoms with E-state index in [1.54, 1.807) is 45.2 Å². The molecule has 1 unspecified atom stereocenters. The third-order valence-electron chi connectivity index (χ3n) is 3.82. The SMILES string of the molecule is COc1ccc(-c2cn(CC(=O)NC(C(=O)O)C(C)C)c(=O)cn2)cc1. The molecule has 0 aliphatic heterocycles. The highest BCUT2D eigenvalue weighted by molar-refractivity contribution is 5.83. The molecule has 0 aliphatic carbocycles. The van der Waals surface area contributed by atoms with E-state index in [1.165, 1.54) is 10.8 Å². The predicted molar refractivity (Wildman–Crippen MR) is 94.9 cm³/mol. The first kappa shape index (κ1) is 19.2. The van der Waals surface area contributed by atoms with Crippen LogP contribution in [-0.2, 0) is 16.1 Å². The molecule has 0 fully saturated rings. The maximum atomic E-state index is 12.1. The zero-order valence-corrected chi connectivity index (χ0v) is 14.8. The molecule has 2 aromatic rings. The number of carboxylic acid groups (broad SMARTS) is 1. The number of nitrogens with one attached hydrogen (secondary N) is 1. The van der Waals surface area contributed by atoms with Crippen LogP contribution < -0.4 is 15.6 Å². The maximum absolute atomic E-state index is 12.1. The lowest BCUT2D eigenvalue weighted by Crippen LogP contribution is -2.46. The number of benzene rings is 1. The van der Waals surface area contributed by atoms with Gasteiger partial charge in [0.1, 0.15) is 18.3 Å². The third-order valence-corrected chi connectivity index (χ3v) is 3.82. The molecule has 1 aromatic carbocycles. The number of carboxylic acids is 1. The van der Waals surface area contributed by atoms with Crippen LogP contribution in [0.2, 0.25) is 0 Å². The molecule has 8 heteroatoms. The Hall–Kier alpha value is -3.16. The largest absolute Gasteiger partial charge is 0.497 e. The quantitative estimate of drug-likeness (QED) is 0.767. The lowest BCUT2D eigenvalue weighted by Gasteiger charge is -2.18. The minimum Gasteiger partial charge on any atom is -0.497 e. The molecule has 1 atom stereocenters. The summed E-state index contributed by atoms with van der Waals surface area (Å²) in [5.74, 6) is -1.26. The predicted octanol–water partition coefficient (Wildman–Crippen LogP) is 1.14. The molecule has 0 radical (unpaired) electrons. The maximum Gasteiger partial charge on any atom is 0.326 e. The summed E-state index contributed by atoms with van der Waals surface area (Å²) < 4.78 is 6.30. The molecule has 8 nitrogen and oxygen atoms in total. The van der Waals surface area contributed by atoms with E-state index in [4.69, 9.17) is 9.84 Å². The molecule has 26 heavy (non-hydrogen) atoms. The third kappa shape index (κ3) is 4.69. The van der Waals surface area contributed by atoms with Crippen LogP contribution in [0.5, 0.6) is 5.75 Å². The van der Waals surface area contributed by atoms with Gasteiger partial charge in [-0.2, -0.15) is 0 Å². The summed E-state index contributed by atoms with van der Waals surface area (Å²) in [6.45, 7) is 3.10. The van der Waals surface area contributed by atoms with E-state index < -0.39 is 23.5 Å². The Morgan fingerprint density at radius 1 is 1.27 bits per heavy atom. The van der Waals surface area contributed by atoms with Crippen molar-refractivity contribution in [2.75, 3.05) is 7.11 Å². The van der Waals surface area contributed by atoms with Crippen molar-refractivity contribution in [3.8, 4) is 17.0 Å². The molecule has 1 amide bonds. The molecule has 0 aliphatic rings. The summed E-state index contributed by atoms with van der Waals surface area (Å²) in [6.07, 6.45) is 2.60. The summed E-state index contributed by atoms with van der Waals surface area (Å²) in [6, 6.07) is 6.09.